The summed E-state index contributed by atoms with van der Waals surface area (Å²) in [5, 5.41) is 5.34. The van der Waals surface area contributed by atoms with Crippen LogP contribution >= 0.6 is 0 Å². The van der Waals surface area contributed by atoms with Crippen LogP contribution in [-0.4, -0.2) is 50.5 Å². The fourth-order valence-corrected chi connectivity index (χ4v) is 3.26. The Morgan fingerprint density at radius 3 is 1.30 bits per heavy atom. The molecule has 0 aliphatic rings. The van der Waals surface area contributed by atoms with Crippen molar-refractivity contribution in [3.05, 3.63) is 94.5 Å². The smallest absolute Gasteiger partial charge is 0.338 e. The molecular formula is C27H24N2O8. The number of anilines is 2. The minimum absolute atomic E-state index is 0.108. The van der Waals surface area contributed by atoms with Gasteiger partial charge in [-0.2, -0.15) is 0 Å². The molecule has 0 saturated carbocycles. The monoisotopic (exact) mass is 504 g/mol. The van der Waals surface area contributed by atoms with E-state index in [4.69, 9.17) is 4.74 Å². The summed E-state index contributed by atoms with van der Waals surface area (Å²) in [4.78, 5) is 61.1. The lowest BCUT2D eigenvalue weighted by atomic mass is 10.1. The standard InChI is InChI=1S/C27H24N2O8/c1-4-37-27(34)20-13-21(28-23(30)16-5-9-18(10-6-16)25(32)35-2)15-22(14-20)29-24(31)17-7-11-19(12-8-17)26(33)36-3/h5-15H,4H2,1-3H3,(H,28,30)(H,29,31). The summed E-state index contributed by atoms with van der Waals surface area (Å²) in [6, 6.07) is 15.9. The zero-order valence-corrected chi connectivity index (χ0v) is 20.3. The number of amides is 2. The van der Waals surface area contributed by atoms with E-state index < -0.39 is 29.7 Å². The number of methoxy groups -OCH3 is 2. The molecule has 3 aromatic carbocycles. The molecule has 0 bridgehead atoms. The third kappa shape index (κ3) is 6.79. The average Bonchev–Trinajstić information content (AvgIpc) is 2.92. The van der Waals surface area contributed by atoms with Crippen LogP contribution in [0.1, 0.15) is 58.7 Å². The fourth-order valence-electron chi connectivity index (χ4n) is 3.26. The Balaban J connectivity index is 1.84. The summed E-state index contributed by atoms with van der Waals surface area (Å²) >= 11 is 0. The predicted octanol–water partition coefficient (Wildman–Crippen LogP) is 3.94. The Labute approximate surface area is 212 Å². The summed E-state index contributed by atoms with van der Waals surface area (Å²) in [6.45, 7) is 1.79. The molecule has 0 fully saturated rings. The first-order valence-corrected chi connectivity index (χ1v) is 11.1. The largest absolute Gasteiger partial charge is 0.465 e. The van der Waals surface area contributed by atoms with E-state index in [1.165, 1.54) is 80.9 Å². The molecule has 0 aromatic heterocycles. The van der Waals surface area contributed by atoms with E-state index >= 15 is 0 Å². The molecule has 3 aromatic rings. The van der Waals surface area contributed by atoms with E-state index in [1.54, 1.807) is 6.92 Å². The number of esters is 3. The molecule has 0 aliphatic carbocycles. The van der Waals surface area contributed by atoms with Crippen molar-refractivity contribution in [3.8, 4) is 0 Å². The van der Waals surface area contributed by atoms with Gasteiger partial charge >= 0.3 is 17.9 Å². The highest BCUT2D eigenvalue weighted by Crippen LogP contribution is 2.22. The first-order valence-electron chi connectivity index (χ1n) is 11.1. The van der Waals surface area contributed by atoms with E-state index in [0.29, 0.717) is 0 Å². The number of ether oxygens (including phenoxy) is 3. The van der Waals surface area contributed by atoms with Gasteiger partial charge < -0.3 is 24.8 Å². The van der Waals surface area contributed by atoms with Crippen molar-refractivity contribution in [1.29, 1.82) is 0 Å². The summed E-state index contributed by atoms with van der Waals surface area (Å²) in [7, 11) is 2.51. The quantitative estimate of drug-likeness (QED) is 0.348. The second kappa shape index (κ2) is 12.1. The van der Waals surface area contributed by atoms with Crippen molar-refractivity contribution in [2.24, 2.45) is 0 Å². The SMILES string of the molecule is CCOC(=O)c1cc(NC(=O)c2ccc(C(=O)OC)cc2)cc(NC(=O)c2ccc(C(=O)OC)cc2)c1. The topological polar surface area (TPSA) is 137 Å². The van der Waals surface area contributed by atoms with Crippen LogP contribution in [0.4, 0.5) is 11.4 Å². The highest BCUT2D eigenvalue weighted by molar-refractivity contribution is 6.08. The molecule has 0 spiro atoms. The van der Waals surface area contributed by atoms with Crippen LogP contribution in [0.2, 0.25) is 0 Å². The molecule has 0 heterocycles. The van der Waals surface area contributed by atoms with Crippen LogP contribution in [0.15, 0.2) is 66.7 Å². The zero-order chi connectivity index (χ0) is 26.9. The molecular weight excluding hydrogens is 480 g/mol. The maximum absolute atomic E-state index is 12.8. The van der Waals surface area contributed by atoms with E-state index in [0.717, 1.165) is 0 Å². The molecule has 0 aliphatic heterocycles. The van der Waals surface area contributed by atoms with Gasteiger partial charge in [-0.25, -0.2) is 14.4 Å². The number of carbonyl (C=O) groups is 5. The number of carbonyl (C=O) groups excluding carboxylic acids is 5. The second-order valence-electron chi connectivity index (χ2n) is 7.57. The average molecular weight is 504 g/mol. The third-order valence-corrected chi connectivity index (χ3v) is 5.10. The van der Waals surface area contributed by atoms with Gasteiger partial charge in [0.2, 0.25) is 0 Å². The van der Waals surface area contributed by atoms with Crippen LogP contribution in [-0.2, 0) is 14.2 Å². The number of nitrogens with one attached hydrogen (secondary N) is 2. The molecule has 2 N–H and O–H groups in total. The van der Waals surface area contributed by atoms with Crippen molar-refractivity contribution in [2.75, 3.05) is 31.5 Å². The van der Waals surface area contributed by atoms with Gasteiger partial charge in [-0.05, 0) is 73.7 Å². The van der Waals surface area contributed by atoms with Crippen molar-refractivity contribution in [1.82, 2.24) is 0 Å². The summed E-state index contributed by atoms with van der Waals surface area (Å²) in [6.07, 6.45) is 0. The molecule has 2 amide bonds. The Hall–Kier alpha value is -4.99. The zero-order valence-electron chi connectivity index (χ0n) is 20.3. The van der Waals surface area contributed by atoms with Crippen molar-refractivity contribution >= 4 is 41.1 Å². The summed E-state index contributed by atoms with van der Waals surface area (Å²) < 4.78 is 14.4. The minimum Gasteiger partial charge on any atom is -0.465 e. The Bertz CT molecular complexity index is 1240. The number of hydrogen-bond donors (Lipinski definition) is 2. The molecule has 10 nitrogen and oxygen atoms in total. The number of benzene rings is 3. The molecule has 0 saturated heterocycles. The third-order valence-electron chi connectivity index (χ3n) is 5.10. The molecule has 0 radical (unpaired) electrons. The lowest BCUT2D eigenvalue weighted by Crippen LogP contribution is -2.16. The summed E-state index contributed by atoms with van der Waals surface area (Å²) in [5.41, 5.74) is 1.64. The van der Waals surface area contributed by atoms with E-state index in [1.807, 2.05) is 0 Å². The Morgan fingerprint density at radius 2 is 0.946 bits per heavy atom. The maximum atomic E-state index is 12.8. The molecule has 0 unspecified atom stereocenters. The van der Waals surface area contributed by atoms with E-state index in [-0.39, 0.29) is 45.8 Å². The van der Waals surface area contributed by atoms with Crippen molar-refractivity contribution < 1.29 is 38.2 Å². The van der Waals surface area contributed by atoms with Gasteiger partial charge in [0.25, 0.3) is 11.8 Å². The van der Waals surface area contributed by atoms with Crippen molar-refractivity contribution in [3.63, 3.8) is 0 Å². The Morgan fingerprint density at radius 1 is 0.568 bits per heavy atom. The number of rotatable bonds is 8. The van der Waals surface area contributed by atoms with Crippen LogP contribution < -0.4 is 10.6 Å². The number of hydrogen-bond acceptors (Lipinski definition) is 8. The highest BCUT2D eigenvalue weighted by Gasteiger charge is 2.16. The van der Waals surface area contributed by atoms with Gasteiger partial charge in [-0.15, -0.1) is 0 Å². The predicted molar refractivity (Wildman–Crippen MR) is 134 cm³/mol. The van der Waals surface area contributed by atoms with Gasteiger partial charge in [0.05, 0.1) is 37.5 Å². The molecule has 0 atom stereocenters. The second-order valence-corrected chi connectivity index (χ2v) is 7.57. The van der Waals surface area contributed by atoms with Crippen molar-refractivity contribution in [2.45, 2.75) is 6.92 Å². The molecule has 190 valence electrons. The molecule has 10 heteroatoms. The maximum Gasteiger partial charge on any atom is 0.338 e. The normalized spacial score (nSPS) is 10.1. The van der Waals surface area contributed by atoms with Crippen LogP contribution in [0, 0.1) is 0 Å². The van der Waals surface area contributed by atoms with Gasteiger partial charge in [0.1, 0.15) is 0 Å². The first kappa shape index (κ1) is 26.6. The van der Waals surface area contributed by atoms with Crippen LogP contribution in [0.5, 0.6) is 0 Å². The van der Waals surface area contributed by atoms with Crippen LogP contribution in [0.25, 0.3) is 0 Å². The minimum atomic E-state index is -0.640. The lowest BCUT2D eigenvalue weighted by molar-refractivity contribution is 0.0524. The molecule has 37 heavy (non-hydrogen) atoms. The van der Waals surface area contributed by atoms with Crippen LogP contribution in [0.3, 0.4) is 0 Å². The lowest BCUT2D eigenvalue weighted by Gasteiger charge is -2.12. The van der Waals surface area contributed by atoms with Gasteiger partial charge in [-0.1, -0.05) is 0 Å². The molecule has 3 rings (SSSR count). The van der Waals surface area contributed by atoms with E-state index in [9.17, 15) is 24.0 Å². The van der Waals surface area contributed by atoms with Gasteiger partial charge in [0, 0.05) is 22.5 Å². The summed E-state index contributed by atoms with van der Waals surface area (Å²) in [5.74, 6) is -2.72. The highest BCUT2D eigenvalue weighted by atomic mass is 16.5. The van der Waals surface area contributed by atoms with Gasteiger partial charge in [0.15, 0.2) is 0 Å². The van der Waals surface area contributed by atoms with Gasteiger partial charge in [-0.3, -0.25) is 9.59 Å². The Kier molecular flexibility index (Phi) is 8.71. The van der Waals surface area contributed by atoms with E-state index in [2.05, 4.69) is 20.1 Å². The first-order chi connectivity index (χ1) is 17.7. The fraction of sp³-hybridized carbons (Fsp3) is 0.148.